The first-order chi connectivity index (χ1) is 31.4. The summed E-state index contributed by atoms with van der Waals surface area (Å²) in [6.45, 7) is 27.4. The Morgan fingerprint density at radius 3 is 1.71 bits per heavy atom. The molecule has 5 aromatic rings. The number of Topliss-reactive ketones (excluding diaryl/α,β-unsaturated/α-hetero) is 3. The fourth-order valence-electron chi connectivity index (χ4n) is 8.51. The molecule has 0 bridgehead atoms. The van der Waals surface area contributed by atoms with Crippen molar-refractivity contribution in [3.63, 3.8) is 0 Å². The summed E-state index contributed by atoms with van der Waals surface area (Å²) in [4.78, 5) is 45.9. The number of nitrogen functional groups attached to an aromatic ring is 1. The van der Waals surface area contributed by atoms with Crippen LogP contribution < -0.4 is 10.5 Å². The van der Waals surface area contributed by atoms with Gasteiger partial charge < -0.3 is 29.6 Å². The maximum absolute atomic E-state index is 12.5. The number of nitrogens with zero attached hydrogens (tertiary/aromatic N) is 10. The minimum Gasteiger partial charge on any atom is -0.483 e. The van der Waals surface area contributed by atoms with Crippen molar-refractivity contribution in [3.05, 3.63) is 80.4 Å². The first-order valence-electron chi connectivity index (χ1n) is 22.8. The van der Waals surface area contributed by atoms with Gasteiger partial charge in [-0.1, -0.05) is 55.4 Å². The molecule has 3 N–H and O–H groups in total. The number of ether oxygens (including phenoxy) is 4. The zero-order valence-corrected chi connectivity index (χ0v) is 40.7. The standard InChI is InChI=1S/C14H21N3O2.C13H17N5O.C11H16N2O2.C9H12N2O2/c1-6-17-13(9(2)3)12-10(15-17)8-19-11(14(12)18)7-16(4)5;1-4-18-12(7(2)3)10-8(17-18)6-19-9-5-15-13(14)16-11(9)10;1-4-13-11(7(2)3)10-8(12-13)5-15-6-9(10)14;1-5(2)9-8-6(10-11-9)3-13-4-7(8)12/h7,9H,6,8H2,1-5H3;5,7H,4,6H2,1-3H3,(H2,14,15,16);7H,4-6H2,1-3H3;5H,3-4H2,1-2H3,(H,10,11)/b11-7-;;;. The van der Waals surface area contributed by atoms with Crippen LogP contribution >= 0.6 is 0 Å². The van der Waals surface area contributed by atoms with E-state index in [0.29, 0.717) is 49.8 Å². The van der Waals surface area contributed by atoms with Crippen LogP contribution in [0.4, 0.5) is 5.95 Å². The van der Waals surface area contributed by atoms with Crippen LogP contribution in [0.1, 0.15) is 176 Å². The SMILES string of the molecule is CC(C)c1n[nH]c2c1C(=O)COC2.CCn1nc2c(c1C(C)C)-c1nc(N)ncc1OC2.CCn1nc2c(c1C(C)C)C(=O)/C(=C/N(C)C)OC2.CCn1nc2c(c1C(C)C)C(=O)COC2. The van der Waals surface area contributed by atoms with Gasteiger partial charge in [0, 0.05) is 39.9 Å². The molecule has 19 heteroatoms. The molecule has 0 aromatic carbocycles. The summed E-state index contributed by atoms with van der Waals surface area (Å²) in [5, 5.41) is 20.5. The molecule has 0 amide bonds. The lowest BCUT2D eigenvalue weighted by atomic mass is 9.98. The van der Waals surface area contributed by atoms with Gasteiger partial charge in [0.25, 0.3) is 0 Å². The Morgan fingerprint density at radius 1 is 0.667 bits per heavy atom. The van der Waals surface area contributed by atoms with Gasteiger partial charge in [-0.05, 0) is 44.4 Å². The Balaban J connectivity index is 0.000000147. The average Bonchev–Trinajstić information content (AvgIpc) is 4.07. The number of aromatic nitrogens is 10. The van der Waals surface area contributed by atoms with E-state index in [9.17, 15) is 14.4 Å². The number of aromatic amines is 1. The Kier molecular flexibility index (Phi) is 15.6. The summed E-state index contributed by atoms with van der Waals surface area (Å²) in [6.07, 6.45) is 3.35. The summed E-state index contributed by atoms with van der Waals surface area (Å²) in [6, 6.07) is 0. The second-order valence-electron chi connectivity index (χ2n) is 17.8. The van der Waals surface area contributed by atoms with Crippen molar-refractivity contribution < 1.29 is 33.3 Å². The second-order valence-corrected chi connectivity index (χ2v) is 17.8. The van der Waals surface area contributed by atoms with Crippen molar-refractivity contribution in [1.82, 2.24) is 54.4 Å². The number of rotatable bonds is 8. The first kappa shape index (κ1) is 49.2. The number of nitrogens with two attached hydrogens (primary N) is 1. The van der Waals surface area contributed by atoms with E-state index in [0.717, 1.165) is 87.4 Å². The van der Waals surface area contributed by atoms with Crippen molar-refractivity contribution >= 4 is 23.3 Å². The van der Waals surface area contributed by atoms with E-state index in [1.54, 1.807) is 12.4 Å². The highest BCUT2D eigenvalue weighted by atomic mass is 16.5. The highest BCUT2D eigenvalue weighted by Crippen LogP contribution is 2.40. The lowest BCUT2D eigenvalue weighted by Crippen LogP contribution is -2.19. The lowest BCUT2D eigenvalue weighted by molar-refractivity contribution is 0.0653. The quantitative estimate of drug-likeness (QED) is 0.148. The number of carbonyl (C=O) groups is 3. The van der Waals surface area contributed by atoms with Crippen molar-refractivity contribution in [2.24, 2.45) is 0 Å². The molecule has 0 unspecified atom stereocenters. The van der Waals surface area contributed by atoms with Gasteiger partial charge in [0.05, 0.1) is 75.8 Å². The molecule has 0 atom stereocenters. The van der Waals surface area contributed by atoms with Crippen LogP contribution in [-0.2, 0) is 60.3 Å². The Morgan fingerprint density at radius 2 is 1.17 bits per heavy atom. The maximum atomic E-state index is 12.5. The van der Waals surface area contributed by atoms with Gasteiger partial charge in [0.2, 0.25) is 11.7 Å². The zero-order chi connectivity index (χ0) is 48.1. The van der Waals surface area contributed by atoms with Crippen LogP contribution in [0.3, 0.4) is 0 Å². The minimum absolute atomic E-state index is 0.0405. The normalized spacial score (nSPS) is 15.4. The van der Waals surface area contributed by atoms with E-state index in [2.05, 4.69) is 83.9 Å². The lowest BCUT2D eigenvalue weighted by Gasteiger charge is -2.18. The smallest absolute Gasteiger partial charge is 0.232 e. The molecule has 4 aliphatic rings. The number of nitrogens with one attached hydrogen (secondary N) is 1. The number of hydrogen-bond donors (Lipinski definition) is 2. The van der Waals surface area contributed by atoms with Crippen molar-refractivity contribution in [1.29, 1.82) is 0 Å². The summed E-state index contributed by atoms with van der Waals surface area (Å²) in [5.41, 5.74) is 17.2. The van der Waals surface area contributed by atoms with Crippen LogP contribution in [0.25, 0.3) is 11.3 Å². The molecule has 4 aliphatic heterocycles. The minimum atomic E-state index is -0.0571. The molecule has 9 rings (SSSR count). The molecule has 0 spiro atoms. The third-order valence-electron chi connectivity index (χ3n) is 11.2. The number of aryl methyl sites for hydroxylation is 3. The van der Waals surface area contributed by atoms with Gasteiger partial charge in [-0.3, -0.25) is 33.5 Å². The summed E-state index contributed by atoms with van der Waals surface area (Å²) < 4.78 is 27.3. The molecule has 0 radical (unpaired) electrons. The molecule has 0 saturated heterocycles. The predicted molar refractivity (Wildman–Crippen MR) is 247 cm³/mol. The molecule has 66 heavy (non-hydrogen) atoms. The summed E-state index contributed by atoms with van der Waals surface area (Å²) in [5.74, 6) is 2.61. The topological polar surface area (TPSA) is 225 Å². The monoisotopic (exact) mass is 911 g/mol. The Bertz CT molecular complexity index is 2590. The van der Waals surface area contributed by atoms with Crippen LogP contribution in [0, 0.1) is 0 Å². The Hall–Kier alpha value is -6.21. The Labute approximate surface area is 386 Å². The fourth-order valence-corrected chi connectivity index (χ4v) is 8.51. The van der Waals surface area contributed by atoms with Gasteiger partial charge in [0.15, 0.2) is 23.1 Å². The van der Waals surface area contributed by atoms with Gasteiger partial charge in [-0.15, -0.1) is 0 Å². The largest absolute Gasteiger partial charge is 0.483 e. The number of ketones is 3. The van der Waals surface area contributed by atoms with Crippen LogP contribution in [0.2, 0.25) is 0 Å². The first-order valence-corrected chi connectivity index (χ1v) is 22.8. The highest BCUT2D eigenvalue weighted by molar-refractivity contribution is 6.09. The molecule has 9 heterocycles. The molecule has 356 valence electrons. The maximum Gasteiger partial charge on any atom is 0.232 e. The molecular weight excluding hydrogens is 845 g/mol. The van der Waals surface area contributed by atoms with Crippen molar-refractivity contribution in [3.8, 4) is 17.0 Å². The van der Waals surface area contributed by atoms with Crippen molar-refractivity contribution in [2.45, 2.75) is 146 Å². The predicted octanol–water partition coefficient (Wildman–Crippen LogP) is 7.09. The number of hydrogen-bond acceptors (Lipinski definition) is 15. The van der Waals surface area contributed by atoms with E-state index < -0.39 is 0 Å². The second kappa shape index (κ2) is 21.0. The third kappa shape index (κ3) is 10.1. The summed E-state index contributed by atoms with van der Waals surface area (Å²) in [7, 11) is 3.75. The summed E-state index contributed by atoms with van der Waals surface area (Å²) >= 11 is 0. The van der Waals surface area contributed by atoms with E-state index in [1.165, 1.54) is 5.69 Å². The third-order valence-corrected chi connectivity index (χ3v) is 11.2. The van der Waals surface area contributed by atoms with E-state index in [1.807, 2.05) is 60.7 Å². The molecular formula is C47H66N12O7. The van der Waals surface area contributed by atoms with Gasteiger partial charge in [-0.2, -0.15) is 20.4 Å². The number of anilines is 1. The van der Waals surface area contributed by atoms with E-state index in [-0.39, 0.29) is 48.3 Å². The van der Waals surface area contributed by atoms with E-state index >= 15 is 0 Å². The number of H-pyrrole nitrogens is 1. The van der Waals surface area contributed by atoms with Crippen LogP contribution in [0.15, 0.2) is 18.2 Å². The van der Waals surface area contributed by atoms with Crippen LogP contribution in [-0.4, -0.2) is 99.1 Å². The molecule has 0 saturated carbocycles. The highest BCUT2D eigenvalue weighted by Gasteiger charge is 2.33. The molecule has 5 aromatic heterocycles. The molecule has 19 nitrogen and oxygen atoms in total. The van der Waals surface area contributed by atoms with Gasteiger partial charge in [-0.25, -0.2) is 9.97 Å². The van der Waals surface area contributed by atoms with E-state index in [4.69, 9.17) is 24.7 Å². The zero-order valence-electron chi connectivity index (χ0n) is 40.7. The fraction of sp³-hybridized carbons (Fsp3) is 0.553. The molecule has 0 fully saturated rings. The average molecular weight is 911 g/mol. The van der Waals surface area contributed by atoms with Crippen molar-refractivity contribution in [2.75, 3.05) is 33.0 Å². The molecule has 0 aliphatic carbocycles. The van der Waals surface area contributed by atoms with Crippen LogP contribution in [0.5, 0.6) is 5.75 Å². The van der Waals surface area contributed by atoms with Gasteiger partial charge >= 0.3 is 0 Å². The number of fused-ring (bicyclic) bond motifs is 6. The number of carbonyl (C=O) groups excluding carboxylic acids is 3. The van der Waals surface area contributed by atoms with Gasteiger partial charge in [0.1, 0.15) is 43.5 Å². The number of allylic oxidation sites excluding steroid dienone is 1.